The standard InChI is InChI=1S/C14H23NO2/c1-12-4-6-13(7-5-12)14(10-15,11-16)8-3-9-17-2/h4-7,16H,3,8-11,15H2,1-2H3. The zero-order valence-corrected chi connectivity index (χ0v) is 10.8. The number of aryl methyl sites for hydroxylation is 1. The summed E-state index contributed by atoms with van der Waals surface area (Å²) in [7, 11) is 1.69. The van der Waals surface area contributed by atoms with Crippen molar-refractivity contribution < 1.29 is 9.84 Å². The molecule has 1 aromatic carbocycles. The van der Waals surface area contributed by atoms with E-state index >= 15 is 0 Å². The number of ether oxygens (including phenoxy) is 1. The van der Waals surface area contributed by atoms with Crippen molar-refractivity contribution in [2.75, 3.05) is 26.9 Å². The van der Waals surface area contributed by atoms with Crippen LogP contribution in [0.25, 0.3) is 0 Å². The van der Waals surface area contributed by atoms with Gasteiger partial charge in [-0.1, -0.05) is 29.8 Å². The van der Waals surface area contributed by atoms with Crippen molar-refractivity contribution in [3.8, 4) is 0 Å². The molecule has 1 unspecified atom stereocenters. The molecule has 0 bridgehead atoms. The van der Waals surface area contributed by atoms with Gasteiger partial charge < -0.3 is 15.6 Å². The highest BCUT2D eigenvalue weighted by molar-refractivity contribution is 5.29. The Labute approximate surface area is 104 Å². The van der Waals surface area contributed by atoms with Crippen molar-refractivity contribution in [2.45, 2.75) is 25.2 Å². The van der Waals surface area contributed by atoms with E-state index in [0.29, 0.717) is 13.2 Å². The topological polar surface area (TPSA) is 55.5 Å². The minimum absolute atomic E-state index is 0.0796. The van der Waals surface area contributed by atoms with Gasteiger partial charge in [0.2, 0.25) is 0 Å². The highest BCUT2D eigenvalue weighted by Gasteiger charge is 2.29. The van der Waals surface area contributed by atoms with Crippen LogP contribution in [0.2, 0.25) is 0 Å². The lowest BCUT2D eigenvalue weighted by Crippen LogP contribution is -2.39. The molecule has 1 atom stereocenters. The van der Waals surface area contributed by atoms with Crippen LogP contribution in [0.15, 0.2) is 24.3 Å². The summed E-state index contributed by atoms with van der Waals surface area (Å²) in [4.78, 5) is 0. The third-order valence-electron chi connectivity index (χ3n) is 3.36. The molecule has 0 heterocycles. The van der Waals surface area contributed by atoms with Gasteiger partial charge in [-0.3, -0.25) is 0 Å². The Morgan fingerprint density at radius 3 is 2.41 bits per heavy atom. The molecule has 3 heteroatoms. The third-order valence-corrected chi connectivity index (χ3v) is 3.36. The molecule has 0 fully saturated rings. The molecular weight excluding hydrogens is 214 g/mol. The van der Waals surface area contributed by atoms with Gasteiger partial charge in [-0.25, -0.2) is 0 Å². The van der Waals surface area contributed by atoms with E-state index in [2.05, 4.69) is 31.2 Å². The van der Waals surface area contributed by atoms with Crippen LogP contribution in [0.5, 0.6) is 0 Å². The Morgan fingerprint density at radius 1 is 1.29 bits per heavy atom. The van der Waals surface area contributed by atoms with E-state index in [1.54, 1.807) is 7.11 Å². The van der Waals surface area contributed by atoms with Gasteiger partial charge in [-0.05, 0) is 25.3 Å². The lowest BCUT2D eigenvalue weighted by molar-refractivity contribution is 0.153. The van der Waals surface area contributed by atoms with E-state index in [1.807, 2.05) is 0 Å². The molecular formula is C14H23NO2. The molecule has 0 aliphatic rings. The van der Waals surface area contributed by atoms with Crippen LogP contribution in [0, 0.1) is 6.92 Å². The molecule has 3 N–H and O–H groups in total. The third kappa shape index (κ3) is 3.53. The zero-order valence-electron chi connectivity index (χ0n) is 10.8. The molecule has 0 radical (unpaired) electrons. The molecule has 0 saturated carbocycles. The molecule has 0 aromatic heterocycles. The minimum atomic E-state index is -0.327. The lowest BCUT2D eigenvalue weighted by Gasteiger charge is -2.31. The van der Waals surface area contributed by atoms with E-state index in [0.717, 1.165) is 18.4 Å². The SMILES string of the molecule is COCCCC(CN)(CO)c1ccc(C)cc1. The number of benzene rings is 1. The van der Waals surface area contributed by atoms with Gasteiger partial charge in [0, 0.05) is 25.7 Å². The highest BCUT2D eigenvalue weighted by Crippen LogP contribution is 2.28. The molecule has 0 saturated heterocycles. The van der Waals surface area contributed by atoms with Crippen molar-refractivity contribution >= 4 is 0 Å². The van der Waals surface area contributed by atoms with E-state index in [1.165, 1.54) is 5.56 Å². The van der Waals surface area contributed by atoms with Gasteiger partial charge in [0.25, 0.3) is 0 Å². The quantitative estimate of drug-likeness (QED) is 0.708. The summed E-state index contributed by atoms with van der Waals surface area (Å²) in [5, 5.41) is 9.68. The second kappa shape index (κ2) is 6.74. The molecule has 3 nitrogen and oxygen atoms in total. The Kier molecular flexibility index (Phi) is 5.62. The zero-order chi connectivity index (χ0) is 12.7. The Morgan fingerprint density at radius 2 is 1.94 bits per heavy atom. The van der Waals surface area contributed by atoms with Crippen LogP contribution in [0.3, 0.4) is 0 Å². The molecule has 1 aromatic rings. The summed E-state index contributed by atoms with van der Waals surface area (Å²) in [6.07, 6.45) is 1.75. The first-order valence-electron chi connectivity index (χ1n) is 6.05. The van der Waals surface area contributed by atoms with E-state index in [4.69, 9.17) is 10.5 Å². The maximum Gasteiger partial charge on any atom is 0.0540 e. The van der Waals surface area contributed by atoms with Crippen molar-refractivity contribution in [1.82, 2.24) is 0 Å². The van der Waals surface area contributed by atoms with Crippen molar-refractivity contribution in [3.05, 3.63) is 35.4 Å². The monoisotopic (exact) mass is 237 g/mol. The van der Waals surface area contributed by atoms with Crippen LogP contribution in [-0.2, 0) is 10.2 Å². The maximum absolute atomic E-state index is 9.68. The summed E-state index contributed by atoms with van der Waals surface area (Å²) >= 11 is 0. The number of rotatable bonds is 7. The minimum Gasteiger partial charge on any atom is -0.395 e. The Bertz CT molecular complexity index is 317. The first-order valence-corrected chi connectivity index (χ1v) is 6.05. The first-order chi connectivity index (χ1) is 8.18. The number of aliphatic hydroxyl groups excluding tert-OH is 1. The molecule has 0 aliphatic heterocycles. The van der Waals surface area contributed by atoms with E-state index in [9.17, 15) is 5.11 Å². The molecule has 1 rings (SSSR count). The van der Waals surface area contributed by atoms with Gasteiger partial charge in [0.1, 0.15) is 0 Å². The first kappa shape index (κ1) is 14.2. The highest BCUT2D eigenvalue weighted by atomic mass is 16.5. The summed E-state index contributed by atoms with van der Waals surface area (Å²) in [5.74, 6) is 0. The van der Waals surface area contributed by atoms with Crippen LogP contribution < -0.4 is 5.73 Å². The lowest BCUT2D eigenvalue weighted by atomic mass is 9.77. The van der Waals surface area contributed by atoms with Crippen LogP contribution in [0.1, 0.15) is 24.0 Å². The van der Waals surface area contributed by atoms with Gasteiger partial charge in [0.15, 0.2) is 0 Å². The Hall–Kier alpha value is -0.900. The van der Waals surface area contributed by atoms with Gasteiger partial charge in [-0.15, -0.1) is 0 Å². The largest absolute Gasteiger partial charge is 0.395 e. The van der Waals surface area contributed by atoms with Crippen molar-refractivity contribution in [2.24, 2.45) is 5.73 Å². The summed E-state index contributed by atoms with van der Waals surface area (Å²) in [6, 6.07) is 8.24. The van der Waals surface area contributed by atoms with E-state index in [-0.39, 0.29) is 12.0 Å². The number of hydrogen-bond donors (Lipinski definition) is 2. The summed E-state index contributed by atoms with van der Waals surface area (Å²) in [6.45, 7) is 3.29. The fourth-order valence-electron chi connectivity index (χ4n) is 2.06. The number of hydrogen-bond acceptors (Lipinski definition) is 3. The van der Waals surface area contributed by atoms with E-state index < -0.39 is 0 Å². The molecule has 0 spiro atoms. The average Bonchev–Trinajstić information content (AvgIpc) is 2.37. The molecule has 0 aliphatic carbocycles. The van der Waals surface area contributed by atoms with Gasteiger partial charge in [-0.2, -0.15) is 0 Å². The predicted molar refractivity (Wildman–Crippen MR) is 70.1 cm³/mol. The van der Waals surface area contributed by atoms with Crippen LogP contribution in [-0.4, -0.2) is 32.0 Å². The molecule has 96 valence electrons. The van der Waals surface area contributed by atoms with Gasteiger partial charge >= 0.3 is 0 Å². The summed E-state index contributed by atoms with van der Waals surface area (Å²) in [5.41, 5.74) is 7.87. The van der Waals surface area contributed by atoms with Crippen LogP contribution in [0.4, 0.5) is 0 Å². The number of aliphatic hydroxyl groups is 1. The average molecular weight is 237 g/mol. The second-order valence-electron chi connectivity index (χ2n) is 4.60. The van der Waals surface area contributed by atoms with Crippen molar-refractivity contribution in [1.29, 1.82) is 0 Å². The normalized spacial score (nSPS) is 14.6. The fraction of sp³-hybridized carbons (Fsp3) is 0.571. The molecule has 0 amide bonds. The molecule has 17 heavy (non-hydrogen) atoms. The fourth-order valence-corrected chi connectivity index (χ4v) is 2.06. The van der Waals surface area contributed by atoms with Gasteiger partial charge in [0.05, 0.1) is 6.61 Å². The summed E-state index contributed by atoms with van der Waals surface area (Å²) < 4.78 is 5.06. The second-order valence-corrected chi connectivity index (χ2v) is 4.60. The van der Waals surface area contributed by atoms with Crippen LogP contribution >= 0.6 is 0 Å². The number of nitrogens with two attached hydrogens (primary N) is 1. The Balaban J connectivity index is 2.85. The van der Waals surface area contributed by atoms with Crippen molar-refractivity contribution in [3.63, 3.8) is 0 Å². The maximum atomic E-state index is 9.68. The predicted octanol–water partition coefficient (Wildman–Crippen LogP) is 1.61. The number of methoxy groups -OCH3 is 1. The smallest absolute Gasteiger partial charge is 0.0540 e.